The van der Waals surface area contributed by atoms with Gasteiger partial charge in [-0.15, -0.1) is 0 Å². The van der Waals surface area contributed by atoms with E-state index in [1.807, 2.05) is 0 Å². The second-order valence-corrected chi connectivity index (χ2v) is 5.74. The van der Waals surface area contributed by atoms with E-state index in [2.05, 4.69) is 5.32 Å². The van der Waals surface area contributed by atoms with Gasteiger partial charge in [-0.1, -0.05) is 0 Å². The van der Waals surface area contributed by atoms with Gasteiger partial charge in [-0.2, -0.15) is 0 Å². The van der Waals surface area contributed by atoms with Crippen LogP contribution in [0, 0.1) is 11.8 Å². The number of nitrogens with one attached hydrogen (secondary N) is 1. The van der Waals surface area contributed by atoms with Crippen molar-refractivity contribution in [3.63, 3.8) is 0 Å². The molecule has 2 heterocycles. The van der Waals surface area contributed by atoms with Crippen LogP contribution in [0.1, 0.15) is 6.42 Å². The van der Waals surface area contributed by atoms with Gasteiger partial charge in [-0.3, -0.25) is 0 Å². The number of hydrogen-bond donors (Lipinski definition) is 1. The molecule has 2 aliphatic heterocycles. The molecular formula is C7H13NO2S. The molecule has 11 heavy (non-hydrogen) atoms. The maximum absolute atomic E-state index is 11.2. The Hall–Kier alpha value is -0.0900. The fourth-order valence-corrected chi connectivity index (χ4v) is 4.38. The first-order valence-electron chi connectivity index (χ1n) is 4.08. The molecule has 0 unspecified atom stereocenters. The van der Waals surface area contributed by atoms with Gasteiger partial charge in [0.2, 0.25) is 0 Å². The predicted octanol–water partition coefficient (Wildman–Crippen LogP) is -0.360. The number of sulfone groups is 1. The maximum Gasteiger partial charge on any atom is 0.150 e. The van der Waals surface area contributed by atoms with Crippen LogP contribution in [0.4, 0.5) is 0 Å². The molecule has 0 spiro atoms. The Morgan fingerprint density at radius 2 is 1.91 bits per heavy atom. The molecule has 0 aromatic rings. The van der Waals surface area contributed by atoms with Crippen molar-refractivity contribution in [1.29, 1.82) is 0 Å². The van der Waals surface area contributed by atoms with Crippen molar-refractivity contribution in [2.75, 3.05) is 24.6 Å². The van der Waals surface area contributed by atoms with Gasteiger partial charge >= 0.3 is 0 Å². The van der Waals surface area contributed by atoms with Crippen LogP contribution < -0.4 is 5.32 Å². The molecule has 0 radical (unpaired) electrons. The maximum atomic E-state index is 11.2. The van der Waals surface area contributed by atoms with Crippen LogP contribution in [0.25, 0.3) is 0 Å². The average molecular weight is 175 g/mol. The Morgan fingerprint density at radius 1 is 1.18 bits per heavy atom. The van der Waals surface area contributed by atoms with E-state index in [1.165, 1.54) is 0 Å². The van der Waals surface area contributed by atoms with Crippen LogP contribution in [0.2, 0.25) is 0 Å². The van der Waals surface area contributed by atoms with E-state index in [0.29, 0.717) is 23.3 Å². The van der Waals surface area contributed by atoms with Crippen molar-refractivity contribution < 1.29 is 8.42 Å². The quantitative estimate of drug-likeness (QED) is 0.547. The first kappa shape index (κ1) is 7.55. The first-order chi connectivity index (χ1) is 5.17. The number of piperidine rings is 1. The van der Waals surface area contributed by atoms with Crippen molar-refractivity contribution in [1.82, 2.24) is 5.32 Å². The zero-order valence-electron chi connectivity index (χ0n) is 6.41. The minimum Gasteiger partial charge on any atom is -0.316 e. The van der Waals surface area contributed by atoms with Gasteiger partial charge in [0.1, 0.15) is 0 Å². The van der Waals surface area contributed by atoms with Gasteiger partial charge < -0.3 is 5.32 Å². The first-order valence-corrected chi connectivity index (χ1v) is 5.91. The molecule has 1 N–H and O–H groups in total. The molecule has 0 aromatic heterocycles. The smallest absolute Gasteiger partial charge is 0.150 e. The zero-order chi connectivity index (χ0) is 7.90. The molecule has 0 aliphatic carbocycles. The van der Waals surface area contributed by atoms with Gasteiger partial charge in [0.15, 0.2) is 9.84 Å². The lowest BCUT2D eigenvalue weighted by atomic mass is 9.90. The summed E-state index contributed by atoms with van der Waals surface area (Å²) in [4.78, 5) is 0. The monoisotopic (exact) mass is 175 g/mol. The minimum absolute atomic E-state index is 0.411. The summed E-state index contributed by atoms with van der Waals surface area (Å²) in [7, 11) is -2.67. The van der Waals surface area contributed by atoms with Crippen LogP contribution >= 0.6 is 0 Å². The molecule has 0 saturated carbocycles. The molecule has 2 saturated heterocycles. The fourth-order valence-electron chi connectivity index (χ4n) is 2.11. The van der Waals surface area contributed by atoms with Crippen molar-refractivity contribution in [3.05, 3.63) is 0 Å². The SMILES string of the molecule is O=S1(=O)C[C@H]2CCNC[C@H]2C1. The number of hydrogen-bond acceptors (Lipinski definition) is 3. The highest BCUT2D eigenvalue weighted by atomic mass is 32.2. The van der Waals surface area contributed by atoms with Crippen LogP contribution in [-0.4, -0.2) is 33.0 Å². The normalized spacial score (nSPS) is 41.8. The lowest BCUT2D eigenvalue weighted by Gasteiger charge is -2.23. The second kappa shape index (κ2) is 2.45. The van der Waals surface area contributed by atoms with Crippen molar-refractivity contribution >= 4 is 9.84 Å². The van der Waals surface area contributed by atoms with E-state index < -0.39 is 9.84 Å². The number of rotatable bonds is 0. The highest BCUT2D eigenvalue weighted by molar-refractivity contribution is 7.91. The van der Waals surface area contributed by atoms with Crippen molar-refractivity contribution in [2.24, 2.45) is 11.8 Å². The number of fused-ring (bicyclic) bond motifs is 1. The standard InChI is InChI=1S/C7H13NO2S/c9-11(10)4-6-1-2-8-3-7(6)5-11/h6-8H,1-5H2/t6-,7+/m1/s1. The van der Waals surface area contributed by atoms with Gasteiger partial charge in [-0.25, -0.2) is 8.42 Å². The molecule has 0 aromatic carbocycles. The van der Waals surface area contributed by atoms with E-state index in [9.17, 15) is 8.42 Å². The fraction of sp³-hybridized carbons (Fsp3) is 1.00. The summed E-state index contributed by atoms with van der Waals surface area (Å²) in [5, 5.41) is 3.23. The molecule has 0 amide bonds. The summed E-state index contributed by atoms with van der Waals surface area (Å²) in [6.07, 6.45) is 1.05. The van der Waals surface area contributed by atoms with Crippen LogP contribution in [0.3, 0.4) is 0 Å². The zero-order valence-corrected chi connectivity index (χ0v) is 7.23. The topological polar surface area (TPSA) is 46.2 Å². The molecule has 2 atom stereocenters. The molecule has 3 nitrogen and oxygen atoms in total. The summed E-state index contributed by atoms with van der Waals surface area (Å²) in [5.74, 6) is 1.74. The predicted molar refractivity (Wildman–Crippen MR) is 43.1 cm³/mol. The van der Waals surface area contributed by atoms with Gasteiger partial charge in [0.25, 0.3) is 0 Å². The highest BCUT2D eigenvalue weighted by Gasteiger charge is 2.38. The highest BCUT2D eigenvalue weighted by Crippen LogP contribution is 2.29. The third-order valence-electron chi connectivity index (χ3n) is 2.70. The summed E-state index contributed by atoms with van der Waals surface area (Å²) in [5.41, 5.74) is 0. The average Bonchev–Trinajstić information content (AvgIpc) is 2.21. The van der Waals surface area contributed by atoms with Crippen molar-refractivity contribution in [2.45, 2.75) is 6.42 Å². The van der Waals surface area contributed by atoms with Gasteiger partial charge in [0.05, 0.1) is 11.5 Å². The molecule has 4 heteroatoms. The molecule has 64 valence electrons. The second-order valence-electron chi connectivity index (χ2n) is 3.59. The van der Waals surface area contributed by atoms with Crippen LogP contribution in [0.15, 0.2) is 0 Å². The Balaban J connectivity index is 2.15. The molecule has 2 rings (SSSR count). The lowest BCUT2D eigenvalue weighted by molar-refractivity contribution is 0.318. The van der Waals surface area contributed by atoms with E-state index >= 15 is 0 Å². The van der Waals surface area contributed by atoms with Gasteiger partial charge in [0, 0.05) is 0 Å². The Morgan fingerprint density at radius 3 is 2.64 bits per heavy atom. The van der Waals surface area contributed by atoms with E-state index in [1.54, 1.807) is 0 Å². The Labute approximate surface area is 67.1 Å². The summed E-state index contributed by atoms with van der Waals surface area (Å²) in [6, 6.07) is 0. The summed E-state index contributed by atoms with van der Waals surface area (Å²) in [6.45, 7) is 1.90. The molecule has 0 bridgehead atoms. The molecule has 2 fully saturated rings. The van der Waals surface area contributed by atoms with Crippen molar-refractivity contribution in [3.8, 4) is 0 Å². The minimum atomic E-state index is -2.67. The van der Waals surface area contributed by atoms with E-state index in [4.69, 9.17) is 0 Å². The van der Waals surface area contributed by atoms with E-state index in [0.717, 1.165) is 19.5 Å². The third-order valence-corrected chi connectivity index (χ3v) is 4.57. The lowest BCUT2D eigenvalue weighted by Crippen LogP contribution is -2.35. The van der Waals surface area contributed by atoms with Gasteiger partial charge in [-0.05, 0) is 31.3 Å². The van der Waals surface area contributed by atoms with E-state index in [-0.39, 0.29) is 0 Å². The largest absolute Gasteiger partial charge is 0.316 e. The Bertz CT molecular complexity index is 227. The molecule has 2 aliphatic rings. The summed E-state index contributed by atoms with van der Waals surface area (Å²) < 4.78 is 22.3. The van der Waals surface area contributed by atoms with Crippen LogP contribution in [-0.2, 0) is 9.84 Å². The van der Waals surface area contributed by atoms with Crippen LogP contribution in [0.5, 0.6) is 0 Å². The third kappa shape index (κ3) is 1.42. The summed E-state index contributed by atoms with van der Waals surface area (Å²) >= 11 is 0. The molecular weight excluding hydrogens is 162 g/mol. The Kier molecular flexibility index (Phi) is 1.68.